The molecule has 0 saturated heterocycles. The number of hydrogen-bond acceptors (Lipinski definition) is 12. The van der Waals surface area contributed by atoms with Crippen molar-refractivity contribution >= 4 is 70.6 Å². The molecule has 4 atom stereocenters. The Hall–Kier alpha value is -6.36. The van der Waals surface area contributed by atoms with Crippen LogP contribution in [0.15, 0.2) is 20.0 Å². The van der Waals surface area contributed by atoms with E-state index in [1.807, 2.05) is 6.92 Å². The number of carbonyl (C=O) groups excluding carboxylic acids is 8. The molecule has 122 heavy (non-hydrogen) atoms. The first kappa shape index (κ1) is 122. The first-order chi connectivity index (χ1) is 59.0. The average molecular weight is 1730 g/mol. The lowest BCUT2D eigenvalue weighted by Crippen LogP contribution is -2.40. The van der Waals surface area contributed by atoms with E-state index in [0.717, 1.165) is 96.3 Å². The lowest BCUT2D eigenvalue weighted by atomic mass is 10.00. The molecular formula is C98H196N16O8. The van der Waals surface area contributed by atoms with Crippen LogP contribution in [-0.4, -0.2) is 121 Å². The molecule has 0 rings (SSSR count). The van der Waals surface area contributed by atoms with E-state index in [9.17, 15) is 38.4 Å². The molecule has 0 bridgehead atoms. The maximum absolute atomic E-state index is 12.8. The fourth-order valence-corrected chi connectivity index (χ4v) is 14.7. The third-order valence-corrected chi connectivity index (χ3v) is 22.3. The Morgan fingerprint density at radius 2 is 0.320 bits per heavy atom. The molecule has 0 aromatic rings. The van der Waals surface area contributed by atoms with Gasteiger partial charge in [-0.25, -0.2) is 0 Å². The zero-order chi connectivity index (χ0) is 91.2. The summed E-state index contributed by atoms with van der Waals surface area (Å²) in [7, 11) is 0. The Balaban J connectivity index is -0.000000766. The zero-order valence-electron chi connectivity index (χ0n) is 80.3. The Labute approximate surface area is 747 Å². The van der Waals surface area contributed by atoms with E-state index in [0.29, 0.717) is 129 Å². The highest BCUT2D eigenvalue weighted by molar-refractivity contribution is 5.91. The highest BCUT2D eigenvalue weighted by atomic mass is 16.2. The molecule has 0 saturated carbocycles. The molecule has 0 fully saturated rings. The van der Waals surface area contributed by atoms with Crippen molar-refractivity contribution in [1.82, 2.24) is 21.3 Å². The number of carbonyl (C=O) groups is 8. The van der Waals surface area contributed by atoms with Crippen molar-refractivity contribution in [2.24, 2.45) is 65.8 Å². The third-order valence-electron chi connectivity index (χ3n) is 22.3. The molecule has 4 amide bonds. The summed E-state index contributed by atoms with van der Waals surface area (Å²) in [5.74, 6) is 0.747. The van der Waals surface area contributed by atoms with Crippen molar-refractivity contribution in [3.8, 4) is 0 Å². The van der Waals surface area contributed by atoms with Crippen molar-refractivity contribution in [3.05, 3.63) is 0 Å². The van der Waals surface area contributed by atoms with Crippen LogP contribution in [0.4, 0.5) is 0 Å². The van der Waals surface area contributed by atoms with Gasteiger partial charge in [0.2, 0.25) is 23.6 Å². The van der Waals surface area contributed by atoms with Gasteiger partial charge in [0.1, 0.15) is 0 Å². The minimum absolute atomic E-state index is 0.000199. The number of hydrogen-bond donors (Lipinski definition) is 12. The zero-order valence-corrected chi connectivity index (χ0v) is 80.3. The monoisotopic (exact) mass is 1730 g/mol. The number of nitrogens with two attached hydrogens (primary N) is 8. The lowest BCUT2D eigenvalue weighted by molar-refractivity contribution is -0.128. The third kappa shape index (κ3) is 94.3. The fourth-order valence-electron chi connectivity index (χ4n) is 14.7. The van der Waals surface area contributed by atoms with E-state index in [1.54, 1.807) is 0 Å². The first-order valence-electron chi connectivity index (χ1n) is 50.5. The number of Topliss-reactive ketones (excluding diaryl/α,β-unsaturated/α-hetero) is 4. The second-order valence-corrected chi connectivity index (χ2v) is 34.4. The Morgan fingerprint density at radius 3 is 0.467 bits per heavy atom. The predicted octanol–water partition coefficient (Wildman–Crippen LogP) is 20.7. The topological polar surface area (TPSA) is 442 Å². The van der Waals surface area contributed by atoms with Crippen molar-refractivity contribution in [2.75, 3.05) is 26.2 Å². The Kier molecular flexibility index (Phi) is 96.8. The number of ketones is 4. The van der Waals surface area contributed by atoms with Gasteiger partial charge in [0.05, 0.1) is 24.2 Å². The predicted molar refractivity (Wildman–Crippen MR) is 519 cm³/mol. The summed E-state index contributed by atoms with van der Waals surface area (Å²) in [4.78, 5) is 116. The summed E-state index contributed by atoms with van der Waals surface area (Å²) in [5, 5.41) is 11.9. The van der Waals surface area contributed by atoms with Gasteiger partial charge in [0, 0.05) is 77.5 Å². The summed E-state index contributed by atoms with van der Waals surface area (Å²) >= 11 is 0. The molecule has 0 aromatic heterocycles. The summed E-state index contributed by atoms with van der Waals surface area (Å²) in [6.07, 6.45) is 73.4. The average Bonchev–Trinajstić information content (AvgIpc) is 0.936. The summed E-state index contributed by atoms with van der Waals surface area (Å²) < 4.78 is 0. The quantitative estimate of drug-likeness (QED) is 0.0153. The molecule has 4 unspecified atom stereocenters. The van der Waals surface area contributed by atoms with E-state index < -0.39 is 24.2 Å². The molecule has 20 N–H and O–H groups in total. The van der Waals surface area contributed by atoms with Crippen molar-refractivity contribution in [3.63, 3.8) is 0 Å². The van der Waals surface area contributed by atoms with Gasteiger partial charge >= 0.3 is 0 Å². The molecule has 24 nitrogen and oxygen atoms in total. The number of unbranched alkanes of at least 4 members (excludes halogenated alkanes) is 46. The number of aliphatic imine (C=N–C) groups is 4. The van der Waals surface area contributed by atoms with Crippen LogP contribution in [0, 0.1) is 0 Å². The van der Waals surface area contributed by atoms with Crippen molar-refractivity contribution in [2.45, 2.75) is 529 Å². The van der Waals surface area contributed by atoms with Crippen molar-refractivity contribution < 1.29 is 38.4 Å². The Morgan fingerprint density at radius 1 is 0.180 bits per heavy atom. The van der Waals surface area contributed by atoms with Crippen LogP contribution in [0.3, 0.4) is 0 Å². The van der Waals surface area contributed by atoms with E-state index in [4.69, 9.17) is 45.9 Å². The molecule has 0 aliphatic rings. The molecule has 0 spiro atoms. The second-order valence-electron chi connectivity index (χ2n) is 34.4. The molecule has 716 valence electrons. The summed E-state index contributed by atoms with van der Waals surface area (Å²) in [5.41, 5.74) is 42.9. The molecule has 0 radical (unpaired) electrons. The van der Waals surface area contributed by atoms with Gasteiger partial charge in [-0.2, -0.15) is 0 Å². The van der Waals surface area contributed by atoms with Crippen LogP contribution >= 0.6 is 0 Å². The van der Waals surface area contributed by atoms with E-state index in [2.05, 4.69) is 89.7 Å². The van der Waals surface area contributed by atoms with Gasteiger partial charge in [-0.05, 0) is 103 Å². The highest BCUT2D eigenvalue weighted by Gasteiger charge is 2.24. The van der Waals surface area contributed by atoms with Gasteiger partial charge in [-0.1, -0.05) is 351 Å². The minimum Gasteiger partial charge on any atom is -0.370 e. The lowest BCUT2D eigenvalue weighted by Gasteiger charge is -2.17. The number of nitrogens with one attached hydrogen (secondary N) is 4. The van der Waals surface area contributed by atoms with Gasteiger partial charge in [-0.3, -0.25) is 58.3 Å². The van der Waals surface area contributed by atoms with E-state index in [1.165, 1.54) is 250 Å². The van der Waals surface area contributed by atoms with E-state index in [-0.39, 0.29) is 70.6 Å². The van der Waals surface area contributed by atoms with Crippen LogP contribution in [0.5, 0.6) is 0 Å². The SMILES string of the molecule is CCCCCCCCCC(=O)C(CCCN=C(N)N)NC(=O)CCCCCCC.CCCCCCCCCC(=O)NC(CCCN=C(N)N)C(=O)CCC.CCCCCCCCCCCC(=O)NC(CCCN=C(N)N)C(=O)CCCCCCCCC.CCCCCCCCCCCC(=O)NC(CCCN=C(N)N)C(=O)CCCCCCCCCCC. The van der Waals surface area contributed by atoms with Gasteiger partial charge in [-0.15, -0.1) is 0 Å². The first-order valence-corrected chi connectivity index (χ1v) is 50.5. The fraction of sp³-hybridized carbons (Fsp3) is 0.878. The van der Waals surface area contributed by atoms with Crippen LogP contribution in [0.25, 0.3) is 0 Å². The van der Waals surface area contributed by atoms with Gasteiger partial charge in [0.15, 0.2) is 47.0 Å². The van der Waals surface area contributed by atoms with Crippen molar-refractivity contribution in [1.29, 1.82) is 0 Å². The number of guanidine groups is 4. The maximum atomic E-state index is 12.8. The Bertz CT molecular complexity index is 2560. The molecule has 0 heterocycles. The minimum atomic E-state index is -0.413. The maximum Gasteiger partial charge on any atom is 0.220 e. The smallest absolute Gasteiger partial charge is 0.220 e. The van der Waals surface area contributed by atoms with Gasteiger partial charge in [0.25, 0.3) is 0 Å². The normalized spacial score (nSPS) is 11.8. The molecule has 0 aliphatic carbocycles. The molecule has 0 aliphatic heterocycles. The summed E-state index contributed by atoms with van der Waals surface area (Å²) in [6.45, 7) is 19.4. The number of rotatable bonds is 86. The largest absolute Gasteiger partial charge is 0.370 e. The summed E-state index contributed by atoms with van der Waals surface area (Å²) in [6, 6.07) is -1.65. The number of amides is 4. The van der Waals surface area contributed by atoms with Gasteiger partial charge < -0.3 is 67.1 Å². The van der Waals surface area contributed by atoms with Crippen LogP contribution in [-0.2, 0) is 38.4 Å². The highest BCUT2D eigenvalue weighted by Crippen LogP contribution is 2.19. The molecular weight excluding hydrogens is 1530 g/mol. The second kappa shape index (κ2) is 96.8. The number of nitrogens with zero attached hydrogens (tertiary/aromatic N) is 4. The molecule has 24 heteroatoms. The molecule has 0 aromatic carbocycles. The van der Waals surface area contributed by atoms with Crippen LogP contribution < -0.4 is 67.1 Å². The van der Waals surface area contributed by atoms with Crippen LogP contribution in [0.1, 0.15) is 505 Å². The van der Waals surface area contributed by atoms with Crippen LogP contribution in [0.2, 0.25) is 0 Å². The van der Waals surface area contributed by atoms with E-state index >= 15 is 0 Å². The standard InChI is InChI=1S/C29H58N4O2.C27H54N4O2.C23H46N4O2.C19H38N4O2/c1-3-5-7-9-11-13-15-17-19-23-27(34)26(22-21-25-32-29(30)31)33-28(35)24-20-18-16-14-12-10-8-6-4-2;1-3-5-7-9-11-12-14-16-18-22-26(33)31-24(20-19-23-30-27(28)29)25(32)21-17-15-13-10-8-6-4-2;1-3-5-7-9-10-12-13-17-21(28)20(16-15-19-26-23(24)25)27-22(29)18-14-11-8-6-4-2;1-3-5-6-7-8-9-10-14-18(25)23-16(17(24)12-4-2)13-11-15-22-19(20)21/h26H,3-25H2,1-2H3,(H,33,35)(H4,30,31,32);24H,3-23H2,1-2H3,(H,31,33)(H4,28,29,30);20H,3-19H2,1-2H3,(H,27,29)(H4,24,25,26);16H,3-15H2,1-2H3,(H,23,25)(H4,20,21,22).